The van der Waals surface area contributed by atoms with Gasteiger partial charge in [-0.3, -0.25) is 0 Å². The summed E-state index contributed by atoms with van der Waals surface area (Å²) in [5.41, 5.74) is -0.438. The zero-order chi connectivity index (χ0) is 14.8. The summed E-state index contributed by atoms with van der Waals surface area (Å²) in [5, 5.41) is 14.7. The number of rotatable bonds is 3. The first-order valence-electron chi connectivity index (χ1n) is 6.84. The van der Waals surface area contributed by atoms with E-state index in [9.17, 15) is 14.7 Å². The highest BCUT2D eigenvalue weighted by Crippen LogP contribution is 2.37. The molecule has 2 atom stereocenters. The maximum atomic E-state index is 12.0. The second-order valence-corrected chi connectivity index (χ2v) is 7.19. The number of urea groups is 1. The number of hydrogen-bond acceptors (Lipinski definition) is 2. The zero-order valence-corrected chi connectivity index (χ0v) is 12.5. The van der Waals surface area contributed by atoms with Crippen molar-refractivity contribution in [1.29, 1.82) is 0 Å². The van der Waals surface area contributed by atoms with Gasteiger partial charge in [-0.2, -0.15) is 0 Å². The molecule has 0 radical (unpaired) electrons. The maximum absolute atomic E-state index is 12.0. The summed E-state index contributed by atoms with van der Waals surface area (Å²) in [5.74, 6) is -1.01. The molecule has 0 spiro atoms. The number of nitrogens with one attached hydrogen (secondary N) is 2. The maximum Gasteiger partial charge on any atom is 0.326 e. The van der Waals surface area contributed by atoms with Crippen LogP contribution in [0.3, 0.4) is 0 Å². The first-order chi connectivity index (χ1) is 8.54. The van der Waals surface area contributed by atoms with E-state index in [-0.39, 0.29) is 17.5 Å². The number of carbonyl (C=O) groups excluding carboxylic acids is 1. The van der Waals surface area contributed by atoms with E-state index in [2.05, 4.69) is 24.5 Å². The second-order valence-electron chi connectivity index (χ2n) is 7.19. The molecule has 0 aromatic carbocycles. The van der Waals surface area contributed by atoms with Crippen LogP contribution < -0.4 is 10.6 Å². The number of carbonyl (C=O) groups is 2. The molecule has 5 nitrogen and oxygen atoms in total. The minimum absolute atomic E-state index is 0.0811. The van der Waals surface area contributed by atoms with Gasteiger partial charge >= 0.3 is 12.0 Å². The Morgan fingerprint density at radius 2 is 1.89 bits per heavy atom. The van der Waals surface area contributed by atoms with E-state index in [1.807, 2.05) is 0 Å². The Labute approximate surface area is 115 Å². The fourth-order valence-corrected chi connectivity index (χ4v) is 2.57. The van der Waals surface area contributed by atoms with E-state index in [1.54, 1.807) is 20.8 Å². The predicted octanol–water partition coefficient (Wildman–Crippen LogP) is 2.36. The molecule has 1 unspecified atom stereocenters. The van der Waals surface area contributed by atoms with E-state index >= 15 is 0 Å². The topological polar surface area (TPSA) is 78.4 Å². The van der Waals surface area contributed by atoms with Gasteiger partial charge in [0.2, 0.25) is 0 Å². The van der Waals surface area contributed by atoms with Crippen LogP contribution in [0.4, 0.5) is 4.79 Å². The Kier molecular flexibility index (Phi) is 4.48. The molecule has 0 aliphatic heterocycles. The van der Waals surface area contributed by atoms with Crippen molar-refractivity contribution >= 4 is 12.0 Å². The first kappa shape index (κ1) is 15.8. The third-order valence-corrected chi connectivity index (χ3v) is 3.95. The number of carboxylic acids is 1. The number of carboxylic acid groups (broad SMARTS) is 1. The molecule has 1 aliphatic carbocycles. The lowest BCUT2D eigenvalue weighted by Gasteiger charge is -2.31. The van der Waals surface area contributed by atoms with Crippen LogP contribution in [0, 0.1) is 10.8 Å². The SMILES string of the molecule is CC1(C)CCCC1NC(=O)N[C@H](C(=O)O)C(C)(C)C. The molecule has 1 saturated carbocycles. The predicted molar refractivity (Wildman–Crippen MR) is 74.0 cm³/mol. The van der Waals surface area contributed by atoms with Gasteiger partial charge in [0.05, 0.1) is 0 Å². The summed E-state index contributed by atoms with van der Waals surface area (Å²) in [4.78, 5) is 23.2. The van der Waals surface area contributed by atoms with E-state index in [4.69, 9.17) is 0 Å². The van der Waals surface area contributed by atoms with Gasteiger partial charge < -0.3 is 15.7 Å². The summed E-state index contributed by atoms with van der Waals surface area (Å²) in [6.45, 7) is 9.65. The van der Waals surface area contributed by atoms with Crippen LogP contribution in [0.15, 0.2) is 0 Å². The lowest BCUT2D eigenvalue weighted by molar-refractivity contribution is -0.141. The normalized spacial score (nSPS) is 23.7. The largest absolute Gasteiger partial charge is 0.480 e. The van der Waals surface area contributed by atoms with Crippen LogP contribution in [-0.2, 0) is 4.79 Å². The molecule has 1 aliphatic rings. The Hall–Kier alpha value is -1.26. The molecule has 0 bridgehead atoms. The van der Waals surface area contributed by atoms with Crippen molar-refractivity contribution < 1.29 is 14.7 Å². The fraction of sp³-hybridized carbons (Fsp3) is 0.857. The molecule has 19 heavy (non-hydrogen) atoms. The number of hydrogen-bond donors (Lipinski definition) is 3. The van der Waals surface area contributed by atoms with Gasteiger partial charge in [0.25, 0.3) is 0 Å². The molecule has 1 fully saturated rings. The molecule has 0 heterocycles. The van der Waals surface area contributed by atoms with Gasteiger partial charge in [-0.15, -0.1) is 0 Å². The van der Waals surface area contributed by atoms with Crippen molar-refractivity contribution in [2.24, 2.45) is 10.8 Å². The van der Waals surface area contributed by atoms with E-state index < -0.39 is 17.4 Å². The summed E-state index contributed by atoms with van der Waals surface area (Å²) < 4.78 is 0. The van der Waals surface area contributed by atoms with Crippen molar-refractivity contribution in [2.45, 2.75) is 66.0 Å². The molecule has 110 valence electrons. The smallest absolute Gasteiger partial charge is 0.326 e. The van der Waals surface area contributed by atoms with Crippen molar-refractivity contribution in [3.05, 3.63) is 0 Å². The Balaban J connectivity index is 2.62. The minimum Gasteiger partial charge on any atom is -0.480 e. The molecule has 2 amide bonds. The fourth-order valence-electron chi connectivity index (χ4n) is 2.57. The molecule has 0 aromatic heterocycles. The van der Waals surface area contributed by atoms with Gasteiger partial charge in [-0.1, -0.05) is 41.0 Å². The third-order valence-electron chi connectivity index (χ3n) is 3.95. The van der Waals surface area contributed by atoms with Gasteiger partial charge in [0.1, 0.15) is 6.04 Å². The van der Waals surface area contributed by atoms with Crippen LogP contribution in [0.1, 0.15) is 53.9 Å². The minimum atomic E-state index is -1.01. The monoisotopic (exact) mass is 270 g/mol. The molecular weight excluding hydrogens is 244 g/mol. The molecular formula is C14H26N2O3. The first-order valence-corrected chi connectivity index (χ1v) is 6.84. The lowest BCUT2D eigenvalue weighted by Crippen LogP contribution is -2.55. The Bertz CT molecular complexity index is 358. The Morgan fingerprint density at radius 1 is 1.32 bits per heavy atom. The second kappa shape index (κ2) is 5.39. The lowest BCUT2D eigenvalue weighted by atomic mass is 9.86. The van der Waals surface area contributed by atoms with Gasteiger partial charge in [-0.25, -0.2) is 9.59 Å². The summed E-state index contributed by atoms with van der Waals surface area (Å²) in [7, 11) is 0. The highest BCUT2D eigenvalue weighted by molar-refractivity contribution is 5.83. The average molecular weight is 270 g/mol. The van der Waals surface area contributed by atoms with Crippen LogP contribution in [0.5, 0.6) is 0 Å². The van der Waals surface area contributed by atoms with E-state index in [0.29, 0.717) is 0 Å². The molecule has 0 aromatic rings. The van der Waals surface area contributed by atoms with Crippen LogP contribution >= 0.6 is 0 Å². The van der Waals surface area contributed by atoms with Crippen molar-refractivity contribution in [3.8, 4) is 0 Å². The summed E-state index contributed by atoms with van der Waals surface area (Å²) in [6, 6.07) is -1.17. The van der Waals surface area contributed by atoms with Crippen molar-refractivity contribution in [2.75, 3.05) is 0 Å². The van der Waals surface area contributed by atoms with Crippen LogP contribution in [-0.4, -0.2) is 29.2 Å². The standard InChI is InChI=1S/C14H26N2O3/c1-13(2,3)10(11(17)18)16-12(19)15-9-7-6-8-14(9,4)5/h9-10H,6-8H2,1-5H3,(H,17,18)(H2,15,16,19)/t9?,10-/m1/s1. The molecule has 3 N–H and O–H groups in total. The van der Waals surface area contributed by atoms with Crippen LogP contribution in [0.2, 0.25) is 0 Å². The van der Waals surface area contributed by atoms with E-state index in [1.165, 1.54) is 0 Å². The number of amides is 2. The highest BCUT2D eigenvalue weighted by Gasteiger charge is 2.37. The molecule has 1 rings (SSSR count). The average Bonchev–Trinajstić information content (AvgIpc) is 2.52. The molecule has 0 saturated heterocycles. The van der Waals surface area contributed by atoms with Gasteiger partial charge in [0, 0.05) is 6.04 Å². The van der Waals surface area contributed by atoms with Crippen LogP contribution in [0.25, 0.3) is 0 Å². The van der Waals surface area contributed by atoms with Gasteiger partial charge in [-0.05, 0) is 23.7 Å². The summed E-state index contributed by atoms with van der Waals surface area (Å²) >= 11 is 0. The Morgan fingerprint density at radius 3 is 2.26 bits per heavy atom. The number of aliphatic carboxylic acids is 1. The zero-order valence-electron chi connectivity index (χ0n) is 12.5. The van der Waals surface area contributed by atoms with Crippen molar-refractivity contribution in [3.63, 3.8) is 0 Å². The quantitative estimate of drug-likeness (QED) is 0.736. The molecule has 5 heteroatoms. The van der Waals surface area contributed by atoms with Gasteiger partial charge in [0.15, 0.2) is 0 Å². The van der Waals surface area contributed by atoms with E-state index in [0.717, 1.165) is 19.3 Å². The third kappa shape index (κ3) is 4.11. The van der Waals surface area contributed by atoms with Crippen molar-refractivity contribution in [1.82, 2.24) is 10.6 Å². The summed E-state index contributed by atoms with van der Waals surface area (Å²) in [6.07, 6.45) is 3.13. The highest BCUT2D eigenvalue weighted by atomic mass is 16.4.